The van der Waals surface area contributed by atoms with Crippen LogP contribution in [0.2, 0.25) is 0 Å². The molecule has 0 aliphatic carbocycles. The second kappa shape index (κ2) is 14.9. The lowest BCUT2D eigenvalue weighted by Crippen LogP contribution is -2.18. The van der Waals surface area contributed by atoms with Gasteiger partial charge in [-0.2, -0.15) is 0 Å². The zero-order chi connectivity index (χ0) is 34.5. The van der Waals surface area contributed by atoms with Crippen LogP contribution >= 0.6 is 0 Å². The lowest BCUT2D eigenvalue weighted by molar-refractivity contribution is -0.275. The Morgan fingerprint density at radius 3 is 1.11 bits per heavy atom. The van der Waals surface area contributed by atoms with Crippen LogP contribution in [0.15, 0.2) is 60.7 Å². The van der Waals surface area contributed by atoms with Crippen LogP contribution in [0.4, 0.5) is 26.3 Å². The van der Waals surface area contributed by atoms with Crippen LogP contribution < -0.4 is 9.47 Å². The predicted octanol–water partition coefficient (Wildman–Crippen LogP) is 12.4. The van der Waals surface area contributed by atoms with Gasteiger partial charge in [0.05, 0.1) is 0 Å². The molecule has 47 heavy (non-hydrogen) atoms. The molecule has 0 aliphatic heterocycles. The van der Waals surface area contributed by atoms with E-state index in [1.54, 1.807) is 26.0 Å². The number of hydrogen-bond acceptors (Lipinski definition) is 2. The Morgan fingerprint density at radius 2 is 0.766 bits per heavy atom. The molecule has 4 aromatic carbocycles. The van der Waals surface area contributed by atoms with Gasteiger partial charge in [0.15, 0.2) is 0 Å². The highest BCUT2D eigenvalue weighted by atomic mass is 19.4. The predicted molar refractivity (Wildman–Crippen MR) is 176 cm³/mol. The van der Waals surface area contributed by atoms with Crippen molar-refractivity contribution in [1.29, 1.82) is 0 Å². The van der Waals surface area contributed by atoms with Crippen molar-refractivity contribution < 1.29 is 35.8 Å². The average molecular weight is 657 g/mol. The van der Waals surface area contributed by atoms with E-state index in [4.69, 9.17) is 0 Å². The first-order valence-electron chi connectivity index (χ1n) is 16.0. The number of aryl methyl sites for hydroxylation is 4. The first kappa shape index (κ1) is 35.9. The van der Waals surface area contributed by atoms with Crippen molar-refractivity contribution in [3.63, 3.8) is 0 Å². The van der Waals surface area contributed by atoms with Gasteiger partial charge in [-0.25, -0.2) is 0 Å². The summed E-state index contributed by atoms with van der Waals surface area (Å²) in [6.45, 7) is 11.0. The SMILES string of the molecule is Cc1cc(CCCCCCCc2ccc(-c3ccc(OC(F)(F)F)c(C)c3C)c(C)c2)ccc1-c1ccc(OC(F)(F)F)c(C)c1C. The third-order valence-corrected chi connectivity index (χ3v) is 9.02. The average Bonchev–Trinajstić information content (AvgIpc) is 2.97. The zero-order valence-electron chi connectivity index (χ0n) is 27.8. The van der Waals surface area contributed by atoms with Crippen molar-refractivity contribution in [1.82, 2.24) is 0 Å². The summed E-state index contributed by atoms with van der Waals surface area (Å²) in [6, 6.07) is 18.8. The molecule has 0 aliphatic rings. The van der Waals surface area contributed by atoms with Crippen LogP contribution in [-0.2, 0) is 12.8 Å². The summed E-state index contributed by atoms with van der Waals surface area (Å²) in [5, 5.41) is 0. The van der Waals surface area contributed by atoms with Gasteiger partial charge >= 0.3 is 12.7 Å². The van der Waals surface area contributed by atoms with E-state index in [0.717, 1.165) is 89.5 Å². The van der Waals surface area contributed by atoms with Crippen LogP contribution in [0.3, 0.4) is 0 Å². The molecule has 8 heteroatoms. The maximum atomic E-state index is 12.7. The molecule has 0 aromatic heterocycles. The normalized spacial score (nSPS) is 12.0. The molecular weight excluding hydrogens is 614 g/mol. The van der Waals surface area contributed by atoms with Crippen LogP contribution in [-0.4, -0.2) is 12.7 Å². The number of ether oxygens (including phenoxy) is 2. The van der Waals surface area contributed by atoms with Crippen LogP contribution in [0.1, 0.15) is 76.6 Å². The second-order valence-corrected chi connectivity index (χ2v) is 12.4. The fraction of sp³-hybridized carbons (Fsp3) is 0.385. The van der Waals surface area contributed by atoms with Crippen molar-refractivity contribution in [3.8, 4) is 33.8 Å². The summed E-state index contributed by atoms with van der Waals surface area (Å²) in [4.78, 5) is 0. The lowest BCUT2D eigenvalue weighted by Gasteiger charge is -2.17. The molecule has 0 N–H and O–H groups in total. The monoisotopic (exact) mass is 656 g/mol. The zero-order valence-corrected chi connectivity index (χ0v) is 27.8. The highest BCUT2D eigenvalue weighted by Gasteiger charge is 2.33. The van der Waals surface area contributed by atoms with Crippen molar-refractivity contribution in [3.05, 3.63) is 105 Å². The van der Waals surface area contributed by atoms with Crippen molar-refractivity contribution in [2.75, 3.05) is 0 Å². The minimum atomic E-state index is -4.72. The van der Waals surface area contributed by atoms with Crippen LogP contribution in [0.5, 0.6) is 11.5 Å². The van der Waals surface area contributed by atoms with Gasteiger partial charge in [-0.3, -0.25) is 0 Å². The van der Waals surface area contributed by atoms with Gasteiger partial charge in [0.2, 0.25) is 0 Å². The van der Waals surface area contributed by atoms with Crippen LogP contribution in [0.25, 0.3) is 22.3 Å². The summed E-state index contributed by atoms with van der Waals surface area (Å²) in [7, 11) is 0. The van der Waals surface area contributed by atoms with Gasteiger partial charge in [-0.15, -0.1) is 26.3 Å². The van der Waals surface area contributed by atoms with E-state index in [-0.39, 0.29) is 11.5 Å². The Hall–Kier alpha value is -3.94. The summed E-state index contributed by atoms with van der Waals surface area (Å²) >= 11 is 0. The summed E-state index contributed by atoms with van der Waals surface area (Å²) < 4.78 is 84.7. The molecule has 0 unspecified atom stereocenters. The minimum absolute atomic E-state index is 0.170. The number of hydrogen-bond donors (Lipinski definition) is 0. The van der Waals surface area contributed by atoms with E-state index >= 15 is 0 Å². The third-order valence-electron chi connectivity index (χ3n) is 9.02. The molecule has 0 bridgehead atoms. The van der Waals surface area contributed by atoms with E-state index in [0.29, 0.717) is 11.1 Å². The number of unbranched alkanes of at least 4 members (excludes halogenated alkanes) is 4. The second-order valence-electron chi connectivity index (χ2n) is 12.4. The summed E-state index contributed by atoms with van der Waals surface area (Å²) in [6.07, 6.45) is -1.93. The molecule has 0 atom stereocenters. The van der Waals surface area contributed by atoms with Crippen molar-refractivity contribution >= 4 is 0 Å². The molecule has 2 nitrogen and oxygen atoms in total. The number of rotatable bonds is 12. The maximum absolute atomic E-state index is 12.7. The fourth-order valence-electron chi connectivity index (χ4n) is 6.20. The van der Waals surface area contributed by atoms with Crippen LogP contribution in [0, 0.1) is 41.5 Å². The summed E-state index contributed by atoms with van der Waals surface area (Å²) in [5.74, 6) is -0.339. The number of alkyl halides is 6. The largest absolute Gasteiger partial charge is 0.573 e. The molecule has 4 rings (SSSR count). The molecule has 0 heterocycles. The van der Waals surface area contributed by atoms with E-state index in [9.17, 15) is 26.3 Å². The first-order chi connectivity index (χ1) is 22.0. The molecule has 252 valence electrons. The number of benzene rings is 4. The quantitative estimate of drug-likeness (QED) is 0.112. The fourth-order valence-corrected chi connectivity index (χ4v) is 6.20. The molecule has 0 spiro atoms. The maximum Gasteiger partial charge on any atom is 0.573 e. The Balaban J connectivity index is 1.24. The highest BCUT2D eigenvalue weighted by Crippen LogP contribution is 2.37. The Labute approximate surface area is 273 Å². The smallest absolute Gasteiger partial charge is 0.406 e. The standard InChI is InChI=1S/C39H42F6O2/c1-24-22-30(14-16-32(24)34-18-20-36(28(5)26(34)3)46-38(40,41)42)12-10-8-7-9-11-13-31-15-17-33(25(2)23-31)35-19-21-37(29(6)27(35)4)47-39(43,44)45/h14-23H,7-13H2,1-6H3. The Kier molecular flexibility index (Phi) is 11.4. The molecule has 0 amide bonds. The Bertz CT molecular complexity index is 1580. The van der Waals surface area contributed by atoms with Gasteiger partial charge in [0.1, 0.15) is 11.5 Å². The lowest BCUT2D eigenvalue weighted by atomic mass is 9.91. The topological polar surface area (TPSA) is 18.5 Å². The minimum Gasteiger partial charge on any atom is -0.406 e. The molecule has 4 aromatic rings. The van der Waals surface area contributed by atoms with Gasteiger partial charge < -0.3 is 9.47 Å². The molecule has 0 saturated carbocycles. The summed E-state index contributed by atoms with van der Waals surface area (Å²) in [5.41, 5.74) is 11.0. The van der Waals surface area contributed by atoms with E-state index in [2.05, 4.69) is 45.9 Å². The van der Waals surface area contributed by atoms with E-state index < -0.39 is 12.7 Å². The van der Waals surface area contributed by atoms with Gasteiger partial charge in [-0.1, -0.05) is 67.8 Å². The molecule has 0 radical (unpaired) electrons. The number of halogens is 6. The third kappa shape index (κ3) is 9.55. The van der Waals surface area contributed by atoms with Crippen molar-refractivity contribution in [2.24, 2.45) is 0 Å². The molecular formula is C39H42F6O2. The van der Waals surface area contributed by atoms with Gasteiger partial charge in [0, 0.05) is 0 Å². The Morgan fingerprint density at radius 1 is 0.426 bits per heavy atom. The first-order valence-corrected chi connectivity index (χ1v) is 16.0. The van der Waals surface area contributed by atoms with Gasteiger partial charge in [0.25, 0.3) is 0 Å². The van der Waals surface area contributed by atoms with E-state index in [1.165, 1.54) is 23.3 Å². The molecule has 0 saturated heterocycles. The van der Waals surface area contributed by atoms with Crippen molar-refractivity contribution in [2.45, 2.75) is 99.2 Å². The van der Waals surface area contributed by atoms with Gasteiger partial charge in [-0.05, 0) is 146 Å². The molecule has 0 fully saturated rings. The highest BCUT2D eigenvalue weighted by molar-refractivity contribution is 5.74. The van der Waals surface area contributed by atoms with E-state index in [1.807, 2.05) is 27.7 Å².